The maximum Gasteiger partial charge on any atom is 0.286 e. The topological polar surface area (TPSA) is 45.1 Å². The van der Waals surface area contributed by atoms with Gasteiger partial charge in [0, 0.05) is 38.3 Å². The average Bonchev–Trinajstić information content (AvgIpc) is 3.11. The van der Waals surface area contributed by atoms with Crippen LogP contribution in [0.2, 0.25) is 0 Å². The Morgan fingerprint density at radius 3 is 2.47 bits per heavy atom. The van der Waals surface area contributed by atoms with Gasteiger partial charge in [-0.15, -0.1) is 0 Å². The van der Waals surface area contributed by atoms with Crippen LogP contribution >= 0.6 is 11.8 Å². The smallest absolute Gasteiger partial charge is 0.286 e. The first kappa shape index (κ1) is 20.7. The van der Waals surface area contributed by atoms with Crippen molar-refractivity contribution < 1.29 is 9.53 Å². The molecule has 2 aromatic rings. The summed E-state index contributed by atoms with van der Waals surface area (Å²) >= 11 is 1.47. The Kier molecular flexibility index (Phi) is 6.55. The van der Waals surface area contributed by atoms with Crippen molar-refractivity contribution in [3.63, 3.8) is 0 Å². The summed E-state index contributed by atoms with van der Waals surface area (Å²) in [5.74, 6) is 0.623. The molecule has 0 unspecified atom stereocenters. The van der Waals surface area contributed by atoms with Gasteiger partial charge in [-0.3, -0.25) is 9.69 Å². The number of carbonyl (C=O) groups is 1. The summed E-state index contributed by atoms with van der Waals surface area (Å²) < 4.78 is 5.88. The number of aliphatic imine (C=N–C) groups is 1. The van der Waals surface area contributed by atoms with Crippen LogP contribution in [0.4, 0.5) is 0 Å². The number of carbonyl (C=O) groups excluding carboxylic acids is 1. The second kappa shape index (κ2) is 9.49. The van der Waals surface area contributed by atoms with Gasteiger partial charge in [0.2, 0.25) is 0 Å². The van der Waals surface area contributed by atoms with Gasteiger partial charge in [-0.2, -0.15) is 4.99 Å². The van der Waals surface area contributed by atoms with Crippen molar-refractivity contribution >= 4 is 28.9 Å². The van der Waals surface area contributed by atoms with E-state index in [1.807, 2.05) is 50.3 Å². The van der Waals surface area contributed by atoms with E-state index >= 15 is 0 Å². The fourth-order valence-electron chi connectivity index (χ4n) is 3.57. The Morgan fingerprint density at radius 1 is 1.03 bits per heavy atom. The predicted octanol–water partition coefficient (Wildman–Crippen LogP) is 4.26. The van der Waals surface area contributed by atoms with Crippen LogP contribution in [0.15, 0.2) is 64.5 Å². The molecule has 4 rings (SSSR count). The van der Waals surface area contributed by atoms with Gasteiger partial charge < -0.3 is 9.64 Å². The first-order valence-electron chi connectivity index (χ1n) is 10.4. The van der Waals surface area contributed by atoms with E-state index in [4.69, 9.17) is 4.74 Å². The van der Waals surface area contributed by atoms with Crippen molar-refractivity contribution in [2.24, 2.45) is 4.99 Å². The van der Waals surface area contributed by atoms with Gasteiger partial charge in [-0.25, -0.2) is 0 Å². The van der Waals surface area contributed by atoms with Gasteiger partial charge in [-0.05, 0) is 43.3 Å². The Hall–Kier alpha value is -2.57. The van der Waals surface area contributed by atoms with Crippen LogP contribution in [0.3, 0.4) is 0 Å². The van der Waals surface area contributed by atoms with Gasteiger partial charge in [0.1, 0.15) is 5.75 Å². The second-order valence-corrected chi connectivity index (χ2v) is 8.77. The molecule has 1 saturated heterocycles. The number of piperazine rings is 1. The standard InChI is InChI=1S/C24H27N3O2S/c1-18(2)29-21-11-7-6-10-20(21)16-22-23(28)25-24(30-22)27-14-12-26(13-15-27)17-19-8-4-3-5-9-19/h3-11,16,18H,12-15,17H2,1-2H3. The molecule has 0 radical (unpaired) electrons. The van der Waals surface area contributed by atoms with Crippen molar-refractivity contribution in [1.82, 2.24) is 9.80 Å². The molecule has 2 aromatic carbocycles. The molecule has 6 heteroatoms. The number of amides is 1. The van der Waals surface area contributed by atoms with Gasteiger partial charge in [-0.1, -0.05) is 48.5 Å². The Labute approximate surface area is 182 Å². The summed E-state index contributed by atoms with van der Waals surface area (Å²) in [7, 11) is 0. The normalized spacial score (nSPS) is 18.9. The second-order valence-electron chi connectivity index (χ2n) is 7.76. The molecule has 156 valence electrons. The van der Waals surface area contributed by atoms with E-state index in [1.54, 1.807) is 0 Å². The van der Waals surface area contributed by atoms with Crippen LogP contribution in [-0.2, 0) is 11.3 Å². The lowest BCUT2D eigenvalue weighted by molar-refractivity contribution is -0.113. The van der Waals surface area contributed by atoms with Crippen molar-refractivity contribution in [2.45, 2.75) is 26.5 Å². The Morgan fingerprint density at radius 2 is 1.73 bits per heavy atom. The molecule has 0 aromatic heterocycles. The summed E-state index contributed by atoms with van der Waals surface area (Å²) in [5, 5.41) is 0.813. The maximum atomic E-state index is 12.5. The number of benzene rings is 2. The molecule has 5 nitrogen and oxygen atoms in total. The number of ether oxygens (including phenoxy) is 1. The van der Waals surface area contributed by atoms with Gasteiger partial charge in [0.25, 0.3) is 5.91 Å². The van der Waals surface area contributed by atoms with E-state index in [0.717, 1.165) is 49.2 Å². The van der Waals surface area contributed by atoms with E-state index in [1.165, 1.54) is 17.3 Å². The first-order chi connectivity index (χ1) is 14.6. The molecule has 0 atom stereocenters. The lowest BCUT2D eigenvalue weighted by Crippen LogP contribution is -2.47. The van der Waals surface area contributed by atoms with E-state index in [2.05, 4.69) is 39.1 Å². The SMILES string of the molecule is CC(C)Oc1ccccc1C=C1SC(N2CCN(Cc3ccccc3)CC2)=NC1=O. The predicted molar refractivity (Wildman–Crippen MR) is 124 cm³/mol. The minimum absolute atomic E-state index is 0.0791. The number of amidine groups is 1. The van der Waals surface area contributed by atoms with Gasteiger partial charge >= 0.3 is 0 Å². The molecular weight excluding hydrogens is 394 g/mol. The number of para-hydroxylation sites is 1. The van der Waals surface area contributed by atoms with Gasteiger partial charge in [0.15, 0.2) is 5.17 Å². The van der Waals surface area contributed by atoms with Crippen molar-refractivity contribution in [1.29, 1.82) is 0 Å². The molecule has 0 N–H and O–H groups in total. The van der Waals surface area contributed by atoms with Crippen LogP contribution in [0.25, 0.3) is 6.08 Å². The van der Waals surface area contributed by atoms with Crippen molar-refractivity contribution in [3.05, 3.63) is 70.6 Å². The third-order valence-electron chi connectivity index (χ3n) is 5.07. The van der Waals surface area contributed by atoms with E-state index in [0.29, 0.717) is 4.91 Å². The number of nitrogens with zero attached hydrogens (tertiary/aromatic N) is 3. The summed E-state index contributed by atoms with van der Waals surface area (Å²) in [5.41, 5.74) is 2.24. The van der Waals surface area contributed by atoms with Crippen LogP contribution in [0.5, 0.6) is 5.75 Å². The van der Waals surface area contributed by atoms with E-state index in [9.17, 15) is 4.79 Å². The Balaban J connectivity index is 1.37. The van der Waals surface area contributed by atoms with Crippen LogP contribution in [0.1, 0.15) is 25.0 Å². The molecule has 2 aliphatic heterocycles. The highest BCUT2D eigenvalue weighted by Gasteiger charge is 2.28. The number of rotatable bonds is 5. The molecule has 0 aliphatic carbocycles. The summed E-state index contributed by atoms with van der Waals surface area (Å²) in [6.45, 7) is 8.65. The molecule has 1 fully saturated rings. The zero-order valence-electron chi connectivity index (χ0n) is 17.5. The molecule has 0 spiro atoms. The monoisotopic (exact) mass is 421 g/mol. The lowest BCUT2D eigenvalue weighted by atomic mass is 10.2. The fraction of sp³-hybridized carbons (Fsp3) is 0.333. The summed E-state index contributed by atoms with van der Waals surface area (Å²) in [6.07, 6.45) is 1.97. The molecular formula is C24H27N3O2S. The van der Waals surface area contributed by atoms with Crippen molar-refractivity contribution in [2.75, 3.05) is 26.2 Å². The number of hydrogen-bond acceptors (Lipinski definition) is 5. The largest absolute Gasteiger partial charge is 0.490 e. The minimum atomic E-state index is -0.166. The molecule has 0 bridgehead atoms. The fourth-order valence-corrected chi connectivity index (χ4v) is 4.53. The molecule has 2 aliphatic rings. The molecule has 30 heavy (non-hydrogen) atoms. The summed E-state index contributed by atoms with van der Waals surface area (Å²) in [6, 6.07) is 18.4. The zero-order chi connectivity index (χ0) is 20.9. The molecule has 2 heterocycles. The first-order valence-corrected chi connectivity index (χ1v) is 11.2. The van der Waals surface area contributed by atoms with Crippen LogP contribution < -0.4 is 4.74 Å². The van der Waals surface area contributed by atoms with E-state index in [-0.39, 0.29) is 12.0 Å². The highest BCUT2D eigenvalue weighted by atomic mass is 32.2. The number of thioether (sulfide) groups is 1. The lowest BCUT2D eigenvalue weighted by Gasteiger charge is -2.35. The third kappa shape index (κ3) is 5.12. The quantitative estimate of drug-likeness (QED) is 0.675. The minimum Gasteiger partial charge on any atom is -0.490 e. The highest BCUT2D eigenvalue weighted by Crippen LogP contribution is 2.33. The van der Waals surface area contributed by atoms with E-state index < -0.39 is 0 Å². The van der Waals surface area contributed by atoms with Crippen LogP contribution in [0, 0.1) is 0 Å². The van der Waals surface area contributed by atoms with Gasteiger partial charge in [0.05, 0.1) is 11.0 Å². The maximum absolute atomic E-state index is 12.5. The zero-order valence-corrected chi connectivity index (χ0v) is 18.3. The Bertz CT molecular complexity index is 948. The average molecular weight is 422 g/mol. The van der Waals surface area contributed by atoms with Crippen LogP contribution in [-0.4, -0.2) is 53.2 Å². The number of hydrogen-bond donors (Lipinski definition) is 0. The summed E-state index contributed by atoms with van der Waals surface area (Å²) in [4.78, 5) is 22.2. The molecule has 1 amide bonds. The highest BCUT2D eigenvalue weighted by molar-refractivity contribution is 8.18. The van der Waals surface area contributed by atoms with Crippen molar-refractivity contribution in [3.8, 4) is 5.75 Å². The molecule has 0 saturated carbocycles. The third-order valence-corrected chi connectivity index (χ3v) is 6.11.